The molecule has 3 heteroatoms. The molecule has 3 nitrogen and oxygen atoms in total. The molecule has 6 aromatic rings. The minimum absolute atomic E-state index is 0.0443. The molecule has 4 aromatic carbocycles. The molecule has 0 aliphatic heterocycles. The van der Waals surface area contributed by atoms with Crippen LogP contribution < -0.4 is 0 Å². The number of hydrogen-bond donors (Lipinski definition) is 0. The van der Waals surface area contributed by atoms with E-state index in [0.717, 1.165) is 38.4 Å². The number of aromatic nitrogens is 2. The molecule has 0 spiro atoms. The zero-order valence-electron chi connectivity index (χ0n) is 23.7. The first-order valence-electron chi connectivity index (χ1n) is 13.6. The van der Waals surface area contributed by atoms with Crippen LogP contribution in [0.3, 0.4) is 0 Å². The van der Waals surface area contributed by atoms with Crippen LogP contribution in [0.1, 0.15) is 54.3 Å². The van der Waals surface area contributed by atoms with Crippen LogP contribution in [0.2, 0.25) is 0 Å². The lowest BCUT2D eigenvalue weighted by Gasteiger charge is -2.23. The molecule has 0 aliphatic rings. The van der Waals surface area contributed by atoms with Gasteiger partial charge in [-0.05, 0) is 70.1 Å². The molecule has 2 aromatic heterocycles. The smallest absolute Gasteiger partial charge is 0.231 e. The summed E-state index contributed by atoms with van der Waals surface area (Å²) in [7, 11) is 0. The van der Waals surface area contributed by atoms with Crippen LogP contribution in [0.15, 0.2) is 71.1 Å². The molecule has 180 valence electrons. The summed E-state index contributed by atoms with van der Waals surface area (Å²) in [6.07, 6.45) is -1.46. The highest BCUT2D eigenvalue weighted by molar-refractivity contribution is 6.18. The maximum atomic E-state index is 8.74. The highest BCUT2D eigenvalue weighted by atomic mass is 16.3. The number of aryl methyl sites for hydroxylation is 1. The summed E-state index contributed by atoms with van der Waals surface area (Å²) in [4.78, 5) is 9.64. The number of hydrogen-bond acceptors (Lipinski definition) is 3. The predicted molar refractivity (Wildman–Crippen MR) is 152 cm³/mol. The van der Waals surface area contributed by atoms with Crippen LogP contribution in [0.4, 0.5) is 0 Å². The molecule has 0 amide bonds. The molecule has 36 heavy (non-hydrogen) atoms. The van der Waals surface area contributed by atoms with Gasteiger partial charge in [-0.1, -0.05) is 83.1 Å². The molecule has 0 saturated carbocycles. The standard InChI is InChI=1S/C33H32N2O/c1-19(2)16-21-11-9-13-26-24(21)14-15-27-29-30(34-20(3)35-32(29)36-31(26)27)23-17-22-10-7-8-12-25(22)28(18-23)33(4,5)6/h7-15,17-19H,16H2,1-6H3/i16D2. The van der Waals surface area contributed by atoms with Crippen molar-refractivity contribution in [2.24, 2.45) is 5.92 Å². The Morgan fingerprint density at radius 3 is 2.39 bits per heavy atom. The van der Waals surface area contributed by atoms with E-state index in [1.54, 1.807) is 0 Å². The average molecular weight is 475 g/mol. The van der Waals surface area contributed by atoms with Crippen molar-refractivity contribution in [2.75, 3.05) is 0 Å². The normalized spacial score (nSPS) is 13.8. The molecule has 0 fully saturated rings. The van der Waals surface area contributed by atoms with Gasteiger partial charge in [0, 0.05) is 19.1 Å². The van der Waals surface area contributed by atoms with E-state index in [-0.39, 0.29) is 11.3 Å². The predicted octanol–water partition coefficient (Wildman–Crippen LogP) is 9.15. The van der Waals surface area contributed by atoms with Crippen LogP contribution in [0.5, 0.6) is 0 Å². The van der Waals surface area contributed by atoms with E-state index in [0.29, 0.717) is 17.1 Å². The summed E-state index contributed by atoms with van der Waals surface area (Å²) in [5.74, 6) is 0.489. The molecule has 0 bridgehead atoms. The van der Waals surface area contributed by atoms with Gasteiger partial charge in [0.25, 0.3) is 0 Å². The third-order valence-corrected chi connectivity index (χ3v) is 6.86. The second kappa shape index (κ2) is 8.16. The SMILES string of the molecule is [2H]C([2H])(c1cccc2c1ccc1c2oc2nc(C)nc(-c3cc(C(C)(C)C)c4ccccc4c3)c21)C(C)C. The fourth-order valence-corrected chi connectivity index (χ4v) is 5.31. The van der Waals surface area contributed by atoms with E-state index in [1.165, 1.54) is 16.3 Å². The molecular formula is C33H32N2O. The molecule has 6 rings (SSSR count). The van der Waals surface area contributed by atoms with Gasteiger partial charge in [0.1, 0.15) is 11.4 Å². The molecule has 0 aliphatic carbocycles. The Morgan fingerprint density at radius 1 is 0.861 bits per heavy atom. The van der Waals surface area contributed by atoms with Crippen molar-refractivity contribution in [3.8, 4) is 11.3 Å². The molecule has 2 heterocycles. The van der Waals surface area contributed by atoms with Crippen molar-refractivity contribution in [2.45, 2.75) is 53.3 Å². The monoisotopic (exact) mass is 474 g/mol. The minimum atomic E-state index is -1.46. The van der Waals surface area contributed by atoms with Crippen LogP contribution in [0, 0.1) is 12.8 Å². The van der Waals surface area contributed by atoms with E-state index in [1.807, 2.05) is 51.1 Å². The van der Waals surface area contributed by atoms with Gasteiger partial charge in [0.05, 0.1) is 11.1 Å². The summed E-state index contributed by atoms with van der Waals surface area (Å²) < 4.78 is 23.9. The lowest BCUT2D eigenvalue weighted by molar-refractivity contribution is 0.596. The fraction of sp³-hybridized carbons (Fsp3) is 0.273. The first kappa shape index (κ1) is 20.5. The molecule has 0 atom stereocenters. The van der Waals surface area contributed by atoms with E-state index in [4.69, 9.17) is 12.1 Å². The topological polar surface area (TPSA) is 38.9 Å². The van der Waals surface area contributed by atoms with Crippen molar-refractivity contribution in [1.29, 1.82) is 0 Å². The quantitative estimate of drug-likeness (QED) is 0.257. The Kier molecular flexibility index (Phi) is 4.64. The fourth-order valence-electron chi connectivity index (χ4n) is 5.31. The van der Waals surface area contributed by atoms with E-state index in [2.05, 4.69) is 62.2 Å². The number of nitrogens with zero attached hydrogens (tertiary/aromatic N) is 2. The summed E-state index contributed by atoms with van der Waals surface area (Å²) in [6, 6.07) is 22.9. The third-order valence-electron chi connectivity index (χ3n) is 6.86. The van der Waals surface area contributed by atoms with Gasteiger partial charge in [-0.25, -0.2) is 4.98 Å². The van der Waals surface area contributed by atoms with Crippen molar-refractivity contribution < 1.29 is 7.16 Å². The van der Waals surface area contributed by atoms with Crippen LogP contribution in [-0.4, -0.2) is 9.97 Å². The molecule has 0 radical (unpaired) electrons. The van der Waals surface area contributed by atoms with Gasteiger partial charge < -0.3 is 4.42 Å². The lowest BCUT2D eigenvalue weighted by Crippen LogP contribution is -2.12. The largest absolute Gasteiger partial charge is 0.437 e. The maximum absolute atomic E-state index is 8.74. The zero-order chi connectivity index (χ0) is 27.0. The van der Waals surface area contributed by atoms with E-state index in [9.17, 15) is 0 Å². The Balaban J connectivity index is 1.69. The second-order valence-corrected chi connectivity index (χ2v) is 11.0. The number of fused-ring (bicyclic) bond motifs is 6. The highest BCUT2D eigenvalue weighted by Crippen LogP contribution is 2.41. The summed E-state index contributed by atoms with van der Waals surface area (Å²) >= 11 is 0. The molecule has 0 saturated heterocycles. The number of benzene rings is 4. The summed E-state index contributed by atoms with van der Waals surface area (Å²) in [5, 5.41) is 6.01. The van der Waals surface area contributed by atoms with Crippen LogP contribution in [0.25, 0.3) is 54.9 Å². The molecule has 0 N–H and O–H groups in total. The Bertz CT molecular complexity index is 1880. The van der Waals surface area contributed by atoms with Gasteiger partial charge in [-0.15, -0.1) is 0 Å². The zero-order valence-corrected chi connectivity index (χ0v) is 21.7. The van der Waals surface area contributed by atoms with Crippen LogP contribution >= 0.6 is 0 Å². The Morgan fingerprint density at radius 2 is 1.61 bits per heavy atom. The van der Waals surface area contributed by atoms with Gasteiger partial charge >= 0.3 is 0 Å². The van der Waals surface area contributed by atoms with Crippen molar-refractivity contribution in [3.05, 3.63) is 83.7 Å². The average Bonchev–Trinajstić information content (AvgIpc) is 3.25. The second-order valence-electron chi connectivity index (χ2n) is 11.0. The lowest BCUT2D eigenvalue weighted by atomic mass is 9.82. The first-order chi connectivity index (χ1) is 18.0. The maximum Gasteiger partial charge on any atom is 0.231 e. The minimum Gasteiger partial charge on any atom is -0.437 e. The van der Waals surface area contributed by atoms with Crippen LogP contribution in [-0.2, 0) is 11.8 Å². The van der Waals surface area contributed by atoms with Crippen molar-refractivity contribution >= 4 is 43.6 Å². The van der Waals surface area contributed by atoms with Crippen molar-refractivity contribution in [3.63, 3.8) is 0 Å². The van der Waals surface area contributed by atoms with Gasteiger partial charge in [-0.3, -0.25) is 0 Å². The molecule has 0 unspecified atom stereocenters. The Labute approximate surface area is 215 Å². The highest BCUT2D eigenvalue weighted by Gasteiger charge is 2.22. The summed E-state index contributed by atoms with van der Waals surface area (Å²) in [6.45, 7) is 12.5. The van der Waals surface area contributed by atoms with E-state index < -0.39 is 6.37 Å². The van der Waals surface area contributed by atoms with Gasteiger partial charge in [0.2, 0.25) is 5.71 Å². The number of rotatable bonds is 3. The first-order valence-corrected chi connectivity index (χ1v) is 12.6. The van der Waals surface area contributed by atoms with E-state index >= 15 is 0 Å². The van der Waals surface area contributed by atoms with Gasteiger partial charge in [0.15, 0.2) is 0 Å². The third kappa shape index (κ3) is 3.65. The molecular weight excluding hydrogens is 440 g/mol. The van der Waals surface area contributed by atoms with Gasteiger partial charge in [-0.2, -0.15) is 4.98 Å². The van der Waals surface area contributed by atoms with Crippen molar-refractivity contribution in [1.82, 2.24) is 9.97 Å². The Hall–Kier alpha value is -3.72. The number of furan rings is 1. The summed E-state index contributed by atoms with van der Waals surface area (Å²) in [5.41, 5.74) is 5.08.